The lowest BCUT2D eigenvalue weighted by Crippen LogP contribution is -2.11. The van der Waals surface area contributed by atoms with E-state index >= 15 is 0 Å². The van der Waals surface area contributed by atoms with E-state index < -0.39 is 0 Å². The third-order valence-electron chi connectivity index (χ3n) is 2.25. The fraction of sp³-hybridized carbons (Fsp3) is 0.455. The topological polar surface area (TPSA) is 26.0 Å². The maximum Gasteiger partial charge on any atom is 0.0454 e. The Morgan fingerprint density at radius 1 is 1.36 bits per heavy atom. The molecule has 2 heterocycles. The third-order valence-corrected chi connectivity index (χ3v) is 4.47. The van der Waals surface area contributed by atoms with Crippen LogP contribution < -0.4 is 5.73 Å². The van der Waals surface area contributed by atoms with Gasteiger partial charge in [-0.05, 0) is 29.9 Å². The fourth-order valence-electron chi connectivity index (χ4n) is 1.59. The molecule has 0 amide bonds. The number of rotatable bonds is 3. The van der Waals surface area contributed by atoms with Gasteiger partial charge in [-0.2, -0.15) is 0 Å². The predicted molar refractivity (Wildman–Crippen MR) is 66.1 cm³/mol. The summed E-state index contributed by atoms with van der Waals surface area (Å²) in [5.41, 5.74) is 6.13. The van der Waals surface area contributed by atoms with Crippen molar-refractivity contribution in [2.24, 2.45) is 11.7 Å². The monoisotopic (exact) mass is 225 g/mol. The zero-order valence-electron chi connectivity index (χ0n) is 8.49. The van der Waals surface area contributed by atoms with Crippen molar-refractivity contribution < 1.29 is 0 Å². The molecule has 76 valence electrons. The van der Waals surface area contributed by atoms with E-state index in [1.165, 1.54) is 14.3 Å². The highest BCUT2D eigenvalue weighted by atomic mass is 32.1. The molecule has 0 aliphatic carbocycles. The van der Waals surface area contributed by atoms with Crippen molar-refractivity contribution in [2.75, 3.05) is 0 Å². The van der Waals surface area contributed by atoms with Gasteiger partial charge in [-0.3, -0.25) is 0 Å². The first-order chi connectivity index (χ1) is 6.66. The number of thiophene rings is 2. The van der Waals surface area contributed by atoms with Gasteiger partial charge in [-0.25, -0.2) is 0 Å². The summed E-state index contributed by atoms with van der Waals surface area (Å²) in [7, 11) is 0. The van der Waals surface area contributed by atoms with E-state index in [0.717, 1.165) is 6.42 Å². The molecular weight excluding hydrogens is 210 g/mol. The maximum absolute atomic E-state index is 6.13. The Kier molecular flexibility index (Phi) is 2.91. The second-order valence-corrected chi connectivity index (χ2v) is 6.10. The minimum absolute atomic E-state index is 0.222. The molecule has 0 radical (unpaired) electrons. The van der Waals surface area contributed by atoms with Crippen molar-refractivity contribution in [3.8, 4) is 0 Å². The second kappa shape index (κ2) is 4.01. The van der Waals surface area contributed by atoms with Crippen LogP contribution in [-0.2, 0) is 0 Å². The minimum atomic E-state index is 0.222. The van der Waals surface area contributed by atoms with Gasteiger partial charge in [-0.15, -0.1) is 22.7 Å². The van der Waals surface area contributed by atoms with Gasteiger partial charge in [0.1, 0.15) is 0 Å². The highest BCUT2D eigenvalue weighted by Crippen LogP contribution is 2.34. The lowest BCUT2D eigenvalue weighted by Gasteiger charge is -2.11. The summed E-state index contributed by atoms with van der Waals surface area (Å²) in [6.07, 6.45) is 1.08. The first-order valence-electron chi connectivity index (χ1n) is 4.89. The van der Waals surface area contributed by atoms with E-state index in [-0.39, 0.29) is 6.04 Å². The van der Waals surface area contributed by atoms with Crippen LogP contribution in [0, 0.1) is 5.92 Å². The van der Waals surface area contributed by atoms with E-state index in [1.807, 2.05) is 11.3 Å². The number of fused-ring (bicyclic) bond motifs is 1. The van der Waals surface area contributed by atoms with E-state index in [0.29, 0.717) is 5.92 Å². The Hall–Kier alpha value is -0.380. The van der Waals surface area contributed by atoms with Crippen LogP contribution in [0.1, 0.15) is 31.2 Å². The molecule has 1 unspecified atom stereocenters. The van der Waals surface area contributed by atoms with Crippen molar-refractivity contribution in [1.82, 2.24) is 0 Å². The van der Waals surface area contributed by atoms with Crippen LogP contribution >= 0.6 is 22.7 Å². The van der Waals surface area contributed by atoms with Crippen molar-refractivity contribution in [3.63, 3.8) is 0 Å². The van der Waals surface area contributed by atoms with Crippen LogP contribution in [0.2, 0.25) is 0 Å². The first-order valence-corrected chi connectivity index (χ1v) is 6.59. The molecule has 0 fully saturated rings. The van der Waals surface area contributed by atoms with Crippen LogP contribution in [0.15, 0.2) is 17.5 Å². The number of hydrogen-bond acceptors (Lipinski definition) is 3. The molecule has 2 aromatic heterocycles. The zero-order valence-corrected chi connectivity index (χ0v) is 10.1. The molecule has 3 heteroatoms. The standard InChI is InChI=1S/C11H15NS2/c1-7(2)5-8(12)10-6-11-9(14-10)3-4-13-11/h3-4,6-8H,5,12H2,1-2H3. The highest BCUT2D eigenvalue weighted by molar-refractivity contribution is 7.26. The molecule has 1 nitrogen and oxygen atoms in total. The second-order valence-electron chi connectivity index (χ2n) is 4.03. The van der Waals surface area contributed by atoms with Crippen molar-refractivity contribution >= 4 is 32.1 Å². The Morgan fingerprint density at radius 2 is 2.14 bits per heavy atom. The van der Waals surface area contributed by atoms with E-state index in [2.05, 4.69) is 31.4 Å². The van der Waals surface area contributed by atoms with Crippen molar-refractivity contribution in [2.45, 2.75) is 26.3 Å². The fourth-order valence-corrected chi connectivity index (χ4v) is 3.73. The lowest BCUT2D eigenvalue weighted by molar-refractivity contribution is 0.515. The van der Waals surface area contributed by atoms with E-state index in [9.17, 15) is 0 Å². The highest BCUT2D eigenvalue weighted by Gasteiger charge is 2.11. The first kappa shape index (κ1) is 10.1. The van der Waals surface area contributed by atoms with Gasteiger partial charge in [0.15, 0.2) is 0 Å². The Labute approximate surface area is 92.6 Å². The molecule has 2 N–H and O–H groups in total. The van der Waals surface area contributed by atoms with E-state index in [4.69, 9.17) is 5.73 Å². The largest absolute Gasteiger partial charge is 0.323 e. The van der Waals surface area contributed by atoms with Crippen LogP contribution in [-0.4, -0.2) is 0 Å². The minimum Gasteiger partial charge on any atom is -0.323 e. The van der Waals surface area contributed by atoms with Crippen LogP contribution in [0.5, 0.6) is 0 Å². The van der Waals surface area contributed by atoms with Crippen molar-refractivity contribution in [3.05, 3.63) is 22.4 Å². The third kappa shape index (κ3) is 2.00. The smallest absolute Gasteiger partial charge is 0.0454 e. The zero-order chi connectivity index (χ0) is 10.1. The van der Waals surface area contributed by atoms with Gasteiger partial charge in [-0.1, -0.05) is 13.8 Å². The summed E-state index contributed by atoms with van der Waals surface area (Å²) in [5.74, 6) is 0.671. The number of hydrogen-bond donors (Lipinski definition) is 1. The van der Waals surface area contributed by atoms with Gasteiger partial charge in [0.05, 0.1) is 0 Å². The molecule has 14 heavy (non-hydrogen) atoms. The summed E-state index contributed by atoms with van der Waals surface area (Å²) in [4.78, 5) is 1.33. The van der Waals surface area contributed by atoms with Crippen LogP contribution in [0.4, 0.5) is 0 Å². The lowest BCUT2D eigenvalue weighted by atomic mass is 10.0. The van der Waals surface area contributed by atoms with E-state index in [1.54, 1.807) is 11.3 Å². The van der Waals surface area contributed by atoms with Gasteiger partial charge >= 0.3 is 0 Å². The summed E-state index contributed by atoms with van der Waals surface area (Å²) < 4.78 is 2.76. The Morgan fingerprint density at radius 3 is 2.79 bits per heavy atom. The molecule has 1 atom stereocenters. The quantitative estimate of drug-likeness (QED) is 0.839. The summed E-state index contributed by atoms with van der Waals surface area (Å²) in [6.45, 7) is 4.44. The maximum atomic E-state index is 6.13. The Balaban J connectivity index is 2.21. The van der Waals surface area contributed by atoms with Crippen LogP contribution in [0.25, 0.3) is 9.40 Å². The van der Waals surface area contributed by atoms with Gasteiger partial charge < -0.3 is 5.73 Å². The van der Waals surface area contributed by atoms with Crippen LogP contribution in [0.3, 0.4) is 0 Å². The predicted octanol–water partition coefficient (Wildman–Crippen LogP) is 4.01. The Bertz CT molecular complexity index is 385. The van der Waals surface area contributed by atoms with Crippen molar-refractivity contribution in [1.29, 1.82) is 0 Å². The summed E-state index contributed by atoms with van der Waals surface area (Å²) in [6, 6.07) is 4.65. The summed E-state index contributed by atoms with van der Waals surface area (Å²) >= 11 is 3.64. The molecule has 0 aromatic carbocycles. The van der Waals surface area contributed by atoms with Gasteiger partial charge in [0, 0.05) is 20.3 Å². The molecule has 0 saturated carbocycles. The number of nitrogens with two attached hydrogens (primary N) is 1. The molecule has 2 rings (SSSR count). The normalized spacial score (nSPS) is 14.0. The molecule has 2 aromatic rings. The molecule has 0 spiro atoms. The molecule has 0 aliphatic rings. The average molecular weight is 225 g/mol. The molecule has 0 saturated heterocycles. The van der Waals surface area contributed by atoms with Gasteiger partial charge in [0.2, 0.25) is 0 Å². The average Bonchev–Trinajstić information content (AvgIpc) is 2.58. The molecule has 0 aliphatic heterocycles. The molecule has 0 bridgehead atoms. The van der Waals surface area contributed by atoms with Gasteiger partial charge in [0.25, 0.3) is 0 Å². The SMILES string of the molecule is CC(C)CC(N)c1cc2sccc2s1. The summed E-state index contributed by atoms with van der Waals surface area (Å²) in [5, 5.41) is 2.14. The molecular formula is C11H15NS2.